The van der Waals surface area contributed by atoms with Crippen molar-refractivity contribution in [3.63, 3.8) is 0 Å². The summed E-state index contributed by atoms with van der Waals surface area (Å²) in [6.07, 6.45) is 0. The minimum atomic E-state index is 0.593. The summed E-state index contributed by atoms with van der Waals surface area (Å²) in [5.41, 5.74) is 11.5. The molecule has 0 atom stereocenters. The van der Waals surface area contributed by atoms with E-state index in [0.717, 1.165) is 49.8 Å². The van der Waals surface area contributed by atoms with Crippen LogP contribution in [0, 0.1) is 0 Å². The fourth-order valence-corrected chi connectivity index (χ4v) is 8.93. The zero-order chi connectivity index (χ0) is 37.0. The van der Waals surface area contributed by atoms with Gasteiger partial charge in [-0.2, -0.15) is 0 Å². The maximum absolute atomic E-state index is 6.51. The van der Waals surface area contributed by atoms with E-state index in [1.165, 1.54) is 42.4 Å². The van der Waals surface area contributed by atoms with Crippen molar-refractivity contribution in [3.05, 3.63) is 188 Å². The lowest BCUT2D eigenvalue weighted by molar-refractivity contribution is 0.669. The molecule has 0 aliphatic carbocycles. The zero-order valence-corrected chi connectivity index (χ0v) is 30.9. The van der Waals surface area contributed by atoms with Crippen molar-refractivity contribution in [2.45, 2.75) is 0 Å². The predicted molar refractivity (Wildman–Crippen MR) is 233 cm³/mol. The zero-order valence-electron chi connectivity index (χ0n) is 30.1. The highest BCUT2D eigenvalue weighted by molar-refractivity contribution is 7.26. The largest absolute Gasteiger partial charge is 0.456 e. The summed E-state index contributed by atoms with van der Waals surface area (Å²) in [6, 6.07) is 65.7. The van der Waals surface area contributed by atoms with Crippen LogP contribution in [0.3, 0.4) is 0 Å². The molecule has 0 radical (unpaired) electrons. The molecular weight excluding hydrogens is 703 g/mol. The first-order chi connectivity index (χ1) is 27.7. The Morgan fingerprint density at radius 2 is 0.857 bits per heavy atom. The summed E-state index contributed by atoms with van der Waals surface area (Å²) >= 11 is 1.85. The summed E-state index contributed by atoms with van der Waals surface area (Å²) in [6.45, 7) is 0. The highest BCUT2D eigenvalue weighted by Crippen LogP contribution is 2.43. The molecule has 0 aliphatic rings. The molecule has 11 aromatic rings. The monoisotopic (exact) mass is 733 g/mol. The summed E-state index contributed by atoms with van der Waals surface area (Å²) in [5, 5.41) is 4.70. The minimum Gasteiger partial charge on any atom is -0.456 e. The number of fused-ring (bicyclic) bond motifs is 6. The van der Waals surface area contributed by atoms with Crippen LogP contribution in [0.1, 0.15) is 0 Å². The van der Waals surface area contributed by atoms with Crippen molar-refractivity contribution in [2.75, 3.05) is 0 Å². The fraction of sp³-hybridized carbons (Fsp3) is 0. The van der Waals surface area contributed by atoms with Crippen molar-refractivity contribution in [2.24, 2.45) is 0 Å². The van der Waals surface area contributed by atoms with Gasteiger partial charge in [-0.3, -0.25) is 0 Å². The van der Waals surface area contributed by atoms with Gasteiger partial charge in [-0.25, -0.2) is 15.0 Å². The maximum atomic E-state index is 6.51. The Balaban J connectivity index is 0.985. The van der Waals surface area contributed by atoms with E-state index in [0.29, 0.717) is 17.5 Å². The number of furan rings is 1. The lowest BCUT2D eigenvalue weighted by Crippen LogP contribution is -2.00. The van der Waals surface area contributed by atoms with Crippen LogP contribution in [0.15, 0.2) is 192 Å². The van der Waals surface area contributed by atoms with Gasteiger partial charge >= 0.3 is 0 Å². The molecule has 0 bridgehead atoms. The topological polar surface area (TPSA) is 51.8 Å². The molecule has 0 N–H and O–H groups in total. The molecule has 5 heteroatoms. The van der Waals surface area contributed by atoms with Crippen molar-refractivity contribution in [1.29, 1.82) is 0 Å². The Bertz CT molecular complexity index is 3230. The third-order valence-electron chi connectivity index (χ3n) is 10.6. The van der Waals surface area contributed by atoms with E-state index in [-0.39, 0.29) is 0 Å². The minimum absolute atomic E-state index is 0.593. The molecule has 0 fully saturated rings. The summed E-state index contributed by atoms with van der Waals surface area (Å²) < 4.78 is 9.09. The smallest absolute Gasteiger partial charge is 0.164 e. The van der Waals surface area contributed by atoms with Crippen LogP contribution >= 0.6 is 11.3 Å². The van der Waals surface area contributed by atoms with Crippen LogP contribution in [0.4, 0.5) is 0 Å². The van der Waals surface area contributed by atoms with Gasteiger partial charge in [0.05, 0.1) is 0 Å². The number of thiophene rings is 1. The molecule has 0 saturated carbocycles. The van der Waals surface area contributed by atoms with E-state index < -0.39 is 0 Å². The van der Waals surface area contributed by atoms with Gasteiger partial charge in [-0.15, -0.1) is 11.3 Å². The second-order valence-electron chi connectivity index (χ2n) is 14.0. The van der Waals surface area contributed by atoms with Crippen LogP contribution in [0.25, 0.3) is 110 Å². The van der Waals surface area contributed by atoms with Gasteiger partial charge in [0.15, 0.2) is 17.5 Å². The van der Waals surface area contributed by atoms with E-state index in [9.17, 15) is 0 Å². The van der Waals surface area contributed by atoms with Crippen molar-refractivity contribution in [1.82, 2.24) is 15.0 Å². The average molecular weight is 734 g/mol. The van der Waals surface area contributed by atoms with Crippen molar-refractivity contribution < 1.29 is 4.42 Å². The van der Waals surface area contributed by atoms with Gasteiger partial charge in [-0.1, -0.05) is 152 Å². The Morgan fingerprint density at radius 3 is 1.57 bits per heavy atom. The third kappa shape index (κ3) is 5.65. The van der Waals surface area contributed by atoms with E-state index in [4.69, 9.17) is 19.4 Å². The number of rotatable bonds is 6. The van der Waals surface area contributed by atoms with Gasteiger partial charge in [0.25, 0.3) is 0 Å². The predicted octanol–water partition coefficient (Wildman–Crippen LogP) is 14.1. The van der Waals surface area contributed by atoms with Crippen LogP contribution < -0.4 is 0 Å². The van der Waals surface area contributed by atoms with Crippen LogP contribution in [-0.4, -0.2) is 15.0 Å². The van der Waals surface area contributed by atoms with Gasteiger partial charge in [0.1, 0.15) is 11.2 Å². The molecule has 3 aromatic heterocycles. The van der Waals surface area contributed by atoms with Gasteiger partial charge < -0.3 is 4.42 Å². The van der Waals surface area contributed by atoms with Gasteiger partial charge in [-0.05, 0) is 69.8 Å². The van der Waals surface area contributed by atoms with Gasteiger partial charge in [0, 0.05) is 47.6 Å². The van der Waals surface area contributed by atoms with Crippen molar-refractivity contribution >= 4 is 53.4 Å². The second-order valence-corrected chi connectivity index (χ2v) is 15.1. The molecule has 262 valence electrons. The first-order valence-electron chi connectivity index (χ1n) is 18.7. The summed E-state index contributed by atoms with van der Waals surface area (Å²) in [4.78, 5) is 15.0. The van der Waals surface area contributed by atoms with Gasteiger partial charge in [0.2, 0.25) is 0 Å². The Morgan fingerprint density at radius 1 is 0.321 bits per heavy atom. The van der Waals surface area contributed by atoms with E-state index >= 15 is 0 Å². The van der Waals surface area contributed by atoms with E-state index in [1.54, 1.807) is 0 Å². The standard InChI is InChI=1S/C51H31N3OS/c1-4-11-32(12-5-1)34-19-21-36(22-20-34)50-52-49(35-15-8-3-9-16-35)53-51(54-50)39-23-26-41-43-30-38(24-27-45(43)55-46(41)31-39)40-17-10-18-42-44-29-37(33-13-6-2-7-14-33)25-28-47(44)56-48(40)42/h1-31H. The molecule has 4 nitrogen and oxygen atoms in total. The first-order valence-corrected chi connectivity index (χ1v) is 19.5. The molecule has 3 heterocycles. The molecule has 0 spiro atoms. The molecule has 0 aliphatic heterocycles. The SMILES string of the molecule is c1ccc(-c2ccc(-c3nc(-c4ccccc4)nc(-c4ccc5c(c4)oc4ccc(-c6cccc7c6sc6ccc(-c8ccccc8)cc67)cc45)n3)cc2)cc1. The highest BCUT2D eigenvalue weighted by Gasteiger charge is 2.17. The number of nitrogens with zero attached hydrogens (tertiary/aromatic N) is 3. The Kier molecular flexibility index (Phi) is 7.64. The number of aromatic nitrogens is 3. The third-order valence-corrected chi connectivity index (χ3v) is 11.8. The molecule has 0 unspecified atom stereocenters. The summed E-state index contributed by atoms with van der Waals surface area (Å²) in [5.74, 6) is 1.84. The van der Waals surface area contributed by atoms with Crippen molar-refractivity contribution in [3.8, 4) is 67.5 Å². The lowest BCUT2D eigenvalue weighted by atomic mass is 9.99. The fourth-order valence-electron chi connectivity index (χ4n) is 7.71. The number of benzene rings is 8. The Hall–Kier alpha value is -7.21. The molecule has 11 rings (SSSR count). The Labute approximate surface area is 327 Å². The second kappa shape index (κ2) is 13.3. The van der Waals surface area contributed by atoms with Crippen LogP contribution in [-0.2, 0) is 0 Å². The molecular formula is C51H31N3OS. The van der Waals surface area contributed by atoms with Crippen LogP contribution in [0.5, 0.6) is 0 Å². The molecule has 0 amide bonds. The quantitative estimate of drug-likeness (QED) is 0.171. The summed E-state index contributed by atoms with van der Waals surface area (Å²) in [7, 11) is 0. The van der Waals surface area contributed by atoms with E-state index in [2.05, 4.69) is 152 Å². The average Bonchev–Trinajstić information content (AvgIpc) is 3.84. The maximum Gasteiger partial charge on any atom is 0.164 e. The number of hydrogen-bond acceptors (Lipinski definition) is 5. The molecule has 0 saturated heterocycles. The van der Waals surface area contributed by atoms with E-state index in [1.807, 2.05) is 47.7 Å². The number of hydrogen-bond donors (Lipinski definition) is 0. The first kappa shape index (κ1) is 32.2. The molecule has 56 heavy (non-hydrogen) atoms. The van der Waals surface area contributed by atoms with Crippen LogP contribution in [0.2, 0.25) is 0 Å². The normalized spacial score (nSPS) is 11.6. The lowest BCUT2D eigenvalue weighted by Gasteiger charge is -2.09. The molecule has 8 aromatic carbocycles. The highest BCUT2D eigenvalue weighted by atomic mass is 32.1.